The van der Waals surface area contributed by atoms with Crippen LogP contribution in [-0.4, -0.2) is 36.1 Å². The van der Waals surface area contributed by atoms with Crippen molar-refractivity contribution in [3.8, 4) is 0 Å². The van der Waals surface area contributed by atoms with Gasteiger partial charge in [-0.3, -0.25) is 4.90 Å². The molecule has 1 aliphatic heterocycles. The molecule has 3 aromatic carbocycles. The Morgan fingerprint density at radius 3 is 2.46 bits per heavy atom. The highest BCUT2D eigenvalue weighted by Crippen LogP contribution is 2.24. The molecule has 0 atom stereocenters. The third-order valence-electron chi connectivity index (χ3n) is 5.20. The van der Waals surface area contributed by atoms with E-state index in [0.29, 0.717) is 0 Å². The number of para-hydroxylation sites is 2. The molecule has 1 aliphatic rings. The molecule has 0 aliphatic carbocycles. The molecule has 0 spiro atoms. The van der Waals surface area contributed by atoms with Crippen LogP contribution in [0.1, 0.15) is 5.56 Å². The van der Waals surface area contributed by atoms with Gasteiger partial charge in [0.15, 0.2) is 5.58 Å². The number of hydrogen-bond donors (Lipinski definition) is 0. The molecule has 0 radical (unpaired) electrons. The van der Waals surface area contributed by atoms with Crippen molar-refractivity contribution in [3.63, 3.8) is 0 Å². The Morgan fingerprint density at radius 2 is 1.58 bits per heavy atom. The van der Waals surface area contributed by atoms with Crippen molar-refractivity contribution in [1.29, 1.82) is 0 Å². The maximum Gasteiger partial charge on any atom is 0.298 e. The lowest BCUT2D eigenvalue weighted by Gasteiger charge is -2.34. The van der Waals surface area contributed by atoms with Crippen LogP contribution in [-0.2, 0) is 6.54 Å². The maximum absolute atomic E-state index is 5.91. The van der Waals surface area contributed by atoms with Gasteiger partial charge in [-0.2, -0.15) is 4.98 Å². The van der Waals surface area contributed by atoms with Gasteiger partial charge in [-0.05, 0) is 28.5 Å². The molecule has 0 bridgehead atoms. The molecule has 0 N–H and O–H groups in total. The molecule has 1 fully saturated rings. The van der Waals surface area contributed by atoms with Gasteiger partial charge in [-0.15, -0.1) is 0 Å². The Balaban J connectivity index is 1.29. The number of hydrogen-bond acceptors (Lipinski definition) is 4. The van der Waals surface area contributed by atoms with Gasteiger partial charge in [-0.1, -0.05) is 54.6 Å². The summed E-state index contributed by atoms with van der Waals surface area (Å²) >= 11 is 0. The van der Waals surface area contributed by atoms with E-state index in [0.717, 1.165) is 49.8 Å². The number of nitrogens with zero attached hydrogens (tertiary/aromatic N) is 3. The topological polar surface area (TPSA) is 32.5 Å². The summed E-state index contributed by atoms with van der Waals surface area (Å²) in [6.45, 7) is 4.90. The fraction of sp³-hybridized carbons (Fsp3) is 0.227. The molecule has 5 rings (SSSR count). The zero-order valence-corrected chi connectivity index (χ0v) is 14.6. The summed E-state index contributed by atoms with van der Waals surface area (Å²) in [7, 11) is 0. The minimum Gasteiger partial charge on any atom is -0.423 e. The summed E-state index contributed by atoms with van der Waals surface area (Å²) < 4.78 is 5.91. The normalized spacial score (nSPS) is 15.8. The summed E-state index contributed by atoms with van der Waals surface area (Å²) in [6.07, 6.45) is 0. The van der Waals surface area contributed by atoms with Crippen molar-refractivity contribution in [1.82, 2.24) is 9.88 Å². The fourth-order valence-corrected chi connectivity index (χ4v) is 3.76. The quantitative estimate of drug-likeness (QED) is 0.555. The summed E-state index contributed by atoms with van der Waals surface area (Å²) in [5.74, 6) is 0. The number of aromatic nitrogens is 1. The van der Waals surface area contributed by atoms with Crippen molar-refractivity contribution in [2.75, 3.05) is 31.1 Å². The van der Waals surface area contributed by atoms with Crippen LogP contribution in [0.15, 0.2) is 71.1 Å². The number of oxazole rings is 1. The monoisotopic (exact) mass is 343 g/mol. The number of anilines is 1. The van der Waals surface area contributed by atoms with Gasteiger partial charge in [0.25, 0.3) is 6.01 Å². The van der Waals surface area contributed by atoms with Crippen LogP contribution in [0, 0.1) is 0 Å². The average molecular weight is 343 g/mol. The molecule has 2 heterocycles. The standard InChI is InChI=1S/C22H21N3O/c1-2-9-19-17(6-1)7-5-8-18(19)16-24-12-14-25(15-13-24)22-23-20-10-3-4-11-21(20)26-22/h1-11H,12-16H2. The highest BCUT2D eigenvalue weighted by atomic mass is 16.4. The second-order valence-electron chi connectivity index (χ2n) is 6.87. The second kappa shape index (κ2) is 6.46. The Kier molecular flexibility index (Phi) is 3.83. The van der Waals surface area contributed by atoms with Crippen LogP contribution >= 0.6 is 0 Å². The molecule has 1 saturated heterocycles. The first-order valence-electron chi connectivity index (χ1n) is 9.16. The van der Waals surface area contributed by atoms with Crippen molar-refractivity contribution in [2.45, 2.75) is 6.54 Å². The van der Waals surface area contributed by atoms with E-state index in [1.807, 2.05) is 24.3 Å². The van der Waals surface area contributed by atoms with Crippen molar-refractivity contribution < 1.29 is 4.42 Å². The van der Waals surface area contributed by atoms with E-state index in [4.69, 9.17) is 4.42 Å². The van der Waals surface area contributed by atoms with E-state index in [9.17, 15) is 0 Å². The molecule has 26 heavy (non-hydrogen) atoms. The first-order valence-corrected chi connectivity index (χ1v) is 9.16. The lowest BCUT2D eigenvalue weighted by Crippen LogP contribution is -2.46. The van der Waals surface area contributed by atoms with E-state index < -0.39 is 0 Å². The van der Waals surface area contributed by atoms with Crippen molar-refractivity contribution in [2.24, 2.45) is 0 Å². The van der Waals surface area contributed by atoms with E-state index >= 15 is 0 Å². The molecule has 0 amide bonds. The smallest absolute Gasteiger partial charge is 0.298 e. The Bertz CT molecular complexity index is 1010. The first kappa shape index (κ1) is 15.4. The zero-order chi connectivity index (χ0) is 17.3. The number of piperazine rings is 1. The van der Waals surface area contributed by atoms with Crippen LogP contribution in [0.5, 0.6) is 0 Å². The Labute approximate surface area is 152 Å². The van der Waals surface area contributed by atoms with Crippen molar-refractivity contribution >= 4 is 27.9 Å². The van der Waals surface area contributed by atoms with Gasteiger partial charge in [0.05, 0.1) is 0 Å². The fourth-order valence-electron chi connectivity index (χ4n) is 3.76. The predicted octanol–water partition coefficient (Wildman–Crippen LogP) is 4.30. The minimum atomic E-state index is 0.746. The highest BCUT2D eigenvalue weighted by molar-refractivity contribution is 5.85. The van der Waals surface area contributed by atoms with Gasteiger partial charge >= 0.3 is 0 Å². The summed E-state index contributed by atoms with van der Waals surface area (Å²) in [5.41, 5.74) is 3.19. The molecule has 0 saturated carbocycles. The number of benzene rings is 3. The molecule has 1 aromatic heterocycles. The van der Waals surface area contributed by atoms with E-state index in [-0.39, 0.29) is 0 Å². The Morgan fingerprint density at radius 1 is 0.808 bits per heavy atom. The third kappa shape index (κ3) is 2.82. The molecule has 130 valence electrons. The highest BCUT2D eigenvalue weighted by Gasteiger charge is 2.21. The van der Waals surface area contributed by atoms with E-state index in [1.165, 1.54) is 16.3 Å². The van der Waals surface area contributed by atoms with Crippen LogP contribution in [0.2, 0.25) is 0 Å². The first-order chi connectivity index (χ1) is 12.9. The van der Waals surface area contributed by atoms with Crippen molar-refractivity contribution in [3.05, 3.63) is 72.3 Å². The Hall–Kier alpha value is -2.85. The van der Waals surface area contributed by atoms with Gasteiger partial charge in [0.2, 0.25) is 0 Å². The predicted molar refractivity (Wildman–Crippen MR) is 105 cm³/mol. The summed E-state index contributed by atoms with van der Waals surface area (Å²) in [5, 5.41) is 2.67. The molecule has 4 aromatic rings. The molecule has 4 nitrogen and oxygen atoms in total. The van der Waals surface area contributed by atoms with Crippen LogP contribution in [0.4, 0.5) is 6.01 Å². The SMILES string of the molecule is c1ccc2c(CN3CCN(c4nc5ccccc5o4)CC3)cccc2c1. The molecule has 4 heteroatoms. The third-order valence-corrected chi connectivity index (χ3v) is 5.20. The van der Waals surface area contributed by atoms with E-state index in [2.05, 4.69) is 57.2 Å². The maximum atomic E-state index is 5.91. The lowest BCUT2D eigenvalue weighted by molar-refractivity contribution is 0.246. The van der Waals surface area contributed by atoms with Gasteiger partial charge in [0.1, 0.15) is 5.52 Å². The molecule has 0 unspecified atom stereocenters. The van der Waals surface area contributed by atoms with Gasteiger partial charge < -0.3 is 9.32 Å². The summed E-state index contributed by atoms with van der Waals surface area (Å²) in [6, 6.07) is 23.9. The second-order valence-corrected chi connectivity index (χ2v) is 6.87. The van der Waals surface area contributed by atoms with Crippen LogP contribution in [0.3, 0.4) is 0 Å². The molecular weight excluding hydrogens is 322 g/mol. The number of fused-ring (bicyclic) bond motifs is 2. The molecular formula is C22H21N3O. The van der Waals surface area contributed by atoms with Gasteiger partial charge in [-0.25, -0.2) is 0 Å². The summed E-state index contributed by atoms with van der Waals surface area (Å²) in [4.78, 5) is 9.39. The largest absolute Gasteiger partial charge is 0.423 e. The van der Waals surface area contributed by atoms with Crippen LogP contribution < -0.4 is 4.90 Å². The average Bonchev–Trinajstić information content (AvgIpc) is 3.13. The zero-order valence-electron chi connectivity index (χ0n) is 14.6. The van der Waals surface area contributed by atoms with Crippen LogP contribution in [0.25, 0.3) is 21.9 Å². The van der Waals surface area contributed by atoms with E-state index in [1.54, 1.807) is 0 Å². The minimum absolute atomic E-state index is 0.746. The number of rotatable bonds is 3. The van der Waals surface area contributed by atoms with Gasteiger partial charge in [0, 0.05) is 32.7 Å². The lowest BCUT2D eigenvalue weighted by atomic mass is 10.0.